The summed E-state index contributed by atoms with van der Waals surface area (Å²) >= 11 is 0. The minimum absolute atomic E-state index is 0.0328. The van der Waals surface area contributed by atoms with E-state index in [1.165, 1.54) is 30.3 Å². The van der Waals surface area contributed by atoms with Gasteiger partial charge in [-0.2, -0.15) is 5.10 Å². The summed E-state index contributed by atoms with van der Waals surface area (Å²) in [5.41, 5.74) is 1.61. The third-order valence-electron chi connectivity index (χ3n) is 3.73. The number of anilines is 2. The fourth-order valence-corrected chi connectivity index (χ4v) is 2.49. The molecule has 9 nitrogen and oxygen atoms in total. The van der Waals surface area contributed by atoms with Gasteiger partial charge in [0.2, 0.25) is 11.3 Å². The molecule has 2 aromatic carbocycles. The first-order valence-electron chi connectivity index (χ1n) is 7.75. The zero-order valence-corrected chi connectivity index (χ0v) is 13.7. The molecule has 0 radical (unpaired) electrons. The quantitative estimate of drug-likeness (QED) is 0.285. The van der Waals surface area contributed by atoms with E-state index in [1.807, 2.05) is 0 Å². The van der Waals surface area contributed by atoms with Gasteiger partial charge >= 0.3 is 0 Å². The molecule has 0 aliphatic heterocycles. The maximum Gasteiger partial charge on any atom is 0.245 e. The lowest BCUT2D eigenvalue weighted by atomic mass is 10.1. The number of aromatic hydroxyl groups is 1. The Balaban J connectivity index is 1.87. The molecular weight excluding hydrogens is 353 g/mol. The first-order chi connectivity index (χ1) is 13.2. The molecule has 0 aliphatic rings. The standard InChI is InChI=1S/C17H12FN7O2/c18-9-5-7-10(8-6-9)20-15-14(21-16-17(22-15)25-27-24-16)13(23-19)11-3-1-2-4-12(11)26/h1-8,26H,19H2,(H,20,22,25)/b23-13+. The molecule has 0 fully saturated rings. The number of benzene rings is 2. The molecule has 0 saturated heterocycles. The van der Waals surface area contributed by atoms with Crippen LogP contribution < -0.4 is 11.2 Å². The zero-order chi connectivity index (χ0) is 18.8. The summed E-state index contributed by atoms with van der Waals surface area (Å²) in [5.74, 6) is 5.41. The maximum atomic E-state index is 13.2. The Labute approximate surface area is 151 Å². The van der Waals surface area contributed by atoms with E-state index in [2.05, 4.69) is 35.3 Å². The Hall–Kier alpha value is -4.08. The van der Waals surface area contributed by atoms with Crippen LogP contribution in [-0.4, -0.2) is 31.1 Å². The van der Waals surface area contributed by atoms with Crippen LogP contribution in [-0.2, 0) is 0 Å². The van der Waals surface area contributed by atoms with Crippen LogP contribution >= 0.6 is 0 Å². The van der Waals surface area contributed by atoms with Crippen molar-refractivity contribution < 1.29 is 14.1 Å². The largest absolute Gasteiger partial charge is 0.507 e. The summed E-state index contributed by atoms with van der Waals surface area (Å²) in [6, 6.07) is 12.2. The Kier molecular flexibility index (Phi) is 4.05. The van der Waals surface area contributed by atoms with Crippen molar-refractivity contribution in [3.05, 3.63) is 65.6 Å². The number of hydrogen-bond acceptors (Lipinski definition) is 9. The normalized spacial score (nSPS) is 11.7. The van der Waals surface area contributed by atoms with Crippen molar-refractivity contribution in [2.24, 2.45) is 10.9 Å². The Morgan fingerprint density at radius 3 is 2.44 bits per heavy atom. The first kappa shape index (κ1) is 16.4. The average Bonchev–Trinajstić information content (AvgIpc) is 3.13. The van der Waals surface area contributed by atoms with Gasteiger partial charge in [-0.15, -0.1) is 0 Å². The minimum atomic E-state index is -0.374. The first-order valence-corrected chi connectivity index (χ1v) is 7.75. The van der Waals surface area contributed by atoms with E-state index < -0.39 is 0 Å². The lowest BCUT2D eigenvalue weighted by Gasteiger charge is -2.12. The number of nitrogens with two attached hydrogens (primary N) is 1. The van der Waals surface area contributed by atoms with Crippen LogP contribution in [0.3, 0.4) is 0 Å². The van der Waals surface area contributed by atoms with Crippen LogP contribution in [0.5, 0.6) is 5.75 Å². The highest BCUT2D eigenvalue weighted by atomic mass is 19.1. The number of nitrogens with one attached hydrogen (secondary N) is 1. The van der Waals surface area contributed by atoms with Gasteiger partial charge in [0.15, 0.2) is 5.82 Å². The predicted molar refractivity (Wildman–Crippen MR) is 95.0 cm³/mol. The second-order valence-corrected chi connectivity index (χ2v) is 5.46. The lowest BCUT2D eigenvalue weighted by Crippen LogP contribution is -2.13. The summed E-state index contributed by atoms with van der Waals surface area (Å²) in [4.78, 5) is 8.67. The summed E-state index contributed by atoms with van der Waals surface area (Å²) in [5, 5.41) is 24.3. The number of nitrogens with zero attached hydrogens (tertiary/aromatic N) is 5. The molecule has 134 valence electrons. The van der Waals surface area contributed by atoms with E-state index in [1.54, 1.807) is 18.2 Å². The molecule has 2 heterocycles. The molecule has 2 aromatic heterocycles. The Bertz CT molecular complexity index is 1140. The van der Waals surface area contributed by atoms with Gasteiger partial charge in [-0.3, -0.25) is 0 Å². The summed E-state index contributed by atoms with van der Waals surface area (Å²) in [6.45, 7) is 0. The van der Waals surface area contributed by atoms with Crippen LogP contribution in [0, 0.1) is 5.82 Å². The smallest absolute Gasteiger partial charge is 0.245 e. The van der Waals surface area contributed by atoms with Gasteiger partial charge < -0.3 is 16.3 Å². The highest BCUT2D eigenvalue weighted by Gasteiger charge is 2.21. The van der Waals surface area contributed by atoms with Crippen molar-refractivity contribution in [3.8, 4) is 5.75 Å². The third-order valence-corrected chi connectivity index (χ3v) is 3.73. The number of fused-ring (bicyclic) bond motifs is 1. The van der Waals surface area contributed by atoms with Crippen LogP contribution in [0.1, 0.15) is 11.3 Å². The molecule has 27 heavy (non-hydrogen) atoms. The number of phenols is 1. The molecule has 0 bridgehead atoms. The van der Waals surface area contributed by atoms with E-state index >= 15 is 0 Å². The molecule has 0 amide bonds. The van der Waals surface area contributed by atoms with Crippen LogP contribution in [0.2, 0.25) is 0 Å². The molecule has 4 aromatic rings. The van der Waals surface area contributed by atoms with Crippen molar-refractivity contribution in [3.63, 3.8) is 0 Å². The van der Waals surface area contributed by atoms with Crippen molar-refractivity contribution in [2.45, 2.75) is 0 Å². The van der Waals surface area contributed by atoms with Crippen molar-refractivity contribution in [1.82, 2.24) is 20.3 Å². The molecular formula is C17H12FN7O2. The molecule has 0 aliphatic carbocycles. The fourth-order valence-electron chi connectivity index (χ4n) is 2.49. The van der Waals surface area contributed by atoms with Gasteiger partial charge in [0.05, 0.1) is 0 Å². The number of aromatic nitrogens is 4. The number of rotatable bonds is 4. The monoisotopic (exact) mass is 365 g/mol. The van der Waals surface area contributed by atoms with E-state index in [4.69, 9.17) is 5.84 Å². The van der Waals surface area contributed by atoms with Crippen molar-refractivity contribution >= 4 is 28.5 Å². The van der Waals surface area contributed by atoms with Crippen LogP contribution in [0.25, 0.3) is 11.3 Å². The molecule has 0 atom stereocenters. The Morgan fingerprint density at radius 1 is 1.04 bits per heavy atom. The highest BCUT2D eigenvalue weighted by molar-refractivity contribution is 6.16. The summed E-state index contributed by atoms with van der Waals surface area (Å²) in [6.07, 6.45) is 0. The number of halogens is 1. The third kappa shape index (κ3) is 3.11. The molecule has 4 rings (SSSR count). The van der Waals surface area contributed by atoms with Gasteiger partial charge in [-0.05, 0) is 46.7 Å². The van der Waals surface area contributed by atoms with Crippen LogP contribution in [0.4, 0.5) is 15.9 Å². The number of hydrogen-bond donors (Lipinski definition) is 3. The number of para-hydroxylation sites is 1. The van der Waals surface area contributed by atoms with E-state index in [0.717, 1.165) is 0 Å². The molecule has 0 saturated carbocycles. The van der Waals surface area contributed by atoms with E-state index in [-0.39, 0.29) is 40.1 Å². The summed E-state index contributed by atoms with van der Waals surface area (Å²) < 4.78 is 17.8. The minimum Gasteiger partial charge on any atom is -0.507 e. The van der Waals surface area contributed by atoms with E-state index in [9.17, 15) is 9.50 Å². The van der Waals surface area contributed by atoms with Gasteiger partial charge in [-0.1, -0.05) is 12.1 Å². The van der Waals surface area contributed by atoms with Gasteiger partial charge in [0, 0.05) is 11.3 Å². The van der Waals surface area contributed by atoms with Gasteiger partial charge in [0.1, 0.15) is 23.0 Å². The van der Waals surface area contributed by atoms with Gasteiger partial charge in [0.25, 0.3) is 0 Å². The average molecular weight is 365 g/mol. The van der Waals surface area contributed by atoms with Crippen molar-refractivity contribution in [2.75, 3.05) is 5.32 Å². The lowest BCUT2D eigenvalue weighted by molar-refractivity contribution is 0.314. The summed E-state index contributed by atoms with van der Waals surface area (Å²) in [7, 11) is 0. The maximum absolute atomic E-state index is 13.2. The molecule has 0 spiro atoms. The highest BCUT2D eigenvalue weighted by Crippen LogP contribution is 2.26. The van der Waals surface area contributed by atoms with Gasteiger partial charge in [-0.25, -0.2) is 19.0 Å². The zero-order valence-electron chi connectivity index (χ0n) is 13.7. The Morgan fingerprint density at radius 2 is 1.74 bits per heavy atom. The molecule has 0 unspecified atom stereocenters. The topological polar surface area (TPSA) is 135 Å². The van der Waals surface area contributed by atoms with Crippen LogP contribution in [0.15, 0.2) is 58.3 Å². The van der Waals surface area contributed by atoms with E-state index in [0.29, 0.717) is 11.3 Å². The van der Waals surface area contributed by atoms with Crippen molar-refractivity contribution in [1.29, 1.82) is 0 Å². The predicted octanol–water partition coefficient (Wildman–Crippen LogP) is 2.31. The number of phenolic OH excluding ortho intramolecular Hbond substituents is 1. The molecule has 4 N–H and O–H groups in total. The second-order valence-electron chi connectivity index (χ2n) is 5.46. The fraction of sp³-hybridized carbons (Fsp3) is 0. The second kappa shape index (κ2) is 6.67. The molecule has 10 heteroatoms. The number of hydrazone groups is 1. The SMILES string of the molecule is N/N=C(\c1ccccc1O)c1nc2nonc2nc1Nc1ccc(F)cc1.